The number of methoxy groups -OCH3 is 1. The molecule has 0 aromatic carbocycles. The van der Waals surface area contributed by atoms with Gasteiger partial charge >= 0.3 is 6.09 Å². The highest BCUT2D eigenvalue weighted by molar-refractivity contribution is 6.21. The lowest BCUT2D eigenvalue weighted by atomic mass is 9.80. The number of amides is 2. The van der Waals surface area contributed by atoms with Gasteiger partial charge in [-0.1, -0.05) is 23.8 Å². The van der Waals surface area contributed by atoms with Crippen LogP contribution in [0.15, 0.2) is 23.8 Å². The van der Waals surface area contributed by atoms with E-state index in [-0.39, 0.29) is 53.9 Å². The first-order valence-corrected chi connectivity index (χ1v) is 12.3. The first-order valence-electron chi connectivity index (χ1n) is 11.8. The zero-order valence-corrected chi connectivity index (χ0v) is 19.7. The van der Waals surface area contributed by atoms with Crippen LogP contribution in [0.4, 0.5) is 4.79 Å². The van der Waals surface area contributed by atoms with E-state index >= 15 is 0 Å². The van der Waals surface area contributed by atoms with Crippen molar-refractivity contribution in [3.05, 3.63) is 23.8 Å². The van der Waals surface area contributed by atoms with Gasteiger partial charge in [0.15, 0.2) is 0 Å². The van der Waals surface area contributed by atoms with E-state index in [0.29, 0.717) is 25.2 Å². The number of hydrogen-bond acceptors (Lipinski definition) is 5. The summed E-state index contributed by atoms with van der Waals surface area (Å²) in [6.45, 7) is 2.13. The second kappa shape index (κ2) is 10.6. The lowest BCUT2D eigenvalue weighted by molar-refractivity contribution is -0.122. The molecule has 1 saturated carbocycles. The van der Waals surface area contributed by atoms with Crippen LogP contribution in [0.1, 0.15) is 58.3 Å². The third kappa shape index (κ3) is 6.27. The van der Waals surface area contributed by atoms with Gasteiger partial charge in [-0.3, -0.25) is 4.79 Å². The quantitative estimate of drug-likeness (QED) is 0.455. The van der Waals surface area contributed by atoms with E-state index < -0.39 is 0 Å². The minimum Gasteiger partial charge on any atom is -0.446 e. The van der Waals surface area contributed by atoms with E-state index in [0.717, 1.165) is 32.1 Å². The number of carbonyl (C=O) groups excluding carboxylic acids is 2. The third-order valence-corrected chi connectivity index (χ3v) is 7.66. The molecule has 1 aliphatic carbocycles. The summed E-state index contributed by atoms with van der Waals surface area (Å²) in [6, 6.07) is -0.0302. The number of rotatable bonds is 1. The van der Waals surface area contributed by atoms with Crippen molar-refractivity contribution in [1.82, 2.24) is 10.6 Å². The molecule has 8 heteroatoms. The second-order valence-electron chi connectivity index (χ2n) is 9.70. The van der Waals surface area contributed by atoms with Gasteiger partial charge in [0.05, 0.1) is 23.7 Å². The summed E-state index contributed by atoms with van der Waals surface area (Å²) >= 11 is 6.67. The second-order valence-corrected chi connectivity index (χ2v) is 10.2. The van der Waals surface area contributed by atoms with Crippen LogP contribution < -0.4 is 10.6 Å². The number of epoxide rings is 1. The van der Waals surface area contributed by atoms with Gasteiger partial charge in [0.2, 0.25) is 5.91 Å². The maximum atomic E-state index is 12.6. The number of alkyl carbamates (subject to hydrolysis) is 1. The molecule has 5 unspecified atom stereocenters. The minimum atomic E-state index is -0.357. The largest absolute Gasteiger partial charge is 0.446 e. The Morgan fingerprint density at radius 3 is 2.78 bits per heavy atom. The van der Waals surface area contributed by atoms with Gasteiger partial charge in [-0.25, -0.2) is 4.79 Å². The molecule has 0 aromatic rings. The van der Waals surface area contributed by atoms with Crippen molar-refractivity contribution < 1.29 is 23.8 Å². The molecule has 7 nitrogen and oxygen atoms in total. The molecule has 0 radical (unpaired) electrons. The Balaban J connectivity index is 1.46. The highest BCUT2D eigenvalue weighted by Gasteiger charge is 2.43. The maximum absolute atomic E-state index is 12.6. The summed E-state index contributed by atoms with van der Waals surface area (Å²) in [4.78, 5) is 24.6. The first-order chi connectivity index (χ1) is 15.4. The number of carbonyl (C=O) groups is 2. The zero-order valence-electron chi connectivity index (χ0n) is 18.9. The fourth-order valence-electron chi connectivity index (χ4n) is 5.36. The predicted molar refractivity (Wildman–Crippen MR) is 122 cm³/mol. The number of alkyl halides is 1. The van der Waals surface area contributed by atoms with Crippen LogP contribution in [0.3, 0.4) is 0 Å². The fraction of sp³-hybridized carbons (Fsp3) is 0.750. The van der Waals surface area contributed by atoms with Crippen molar-refractivity contribution in [2.24, 2.45) is 5.92 Å². The summed E-state index contributed by atoms with van der Waals surface area (Å²) in [5.41, 5.74) is 1.28. The molecule has 2 N–H and O–H groups in total. The van der Waals surface area contributed by atoms with E-state index in [2.05, 4.69) is 35.8 Å². The standard InChI is InChI=1S/C24H35ClN2O5/c1-14-5-3-4-6-16-12-17(31-24(29)26-16)13-20-19(32-20)7-8-22(28)27-18-10-15(9-14)11-21(30-2)23(18)25/h3-5,15-21,23H,6-13H2,1-2H3,(H,26,29)(H,27,28)/b4-3+,14-5+/t15?,16?,17-,18?,19-,20-,21?,23?/m0/s1. The average Bonchev–Trinajstić information content (AvgIpc) is 3.48. The van der Waals surface area contributed by atoms with Crippen molar-refractivity contribution in [3.63, 3.8) is 0 Å². The third-order valence-electron chi connectivity index (χ3n) is 7.07. The van der Waals surface area contributed by atoms with Crippen molar-refractivity contribution in [2.45, 2.75) is 100 Å². The van der Waals surface area contributed by atoms with Gasteiger partial charge in [-0.05, 0) is 44.9 Å². The van der Waals surface area contributed by atoms with Gasteiger partial charge < -0.3 is 24.8 Å². The van der Waals surface area contributed by atoms with Crippen molar-refractivity contribution in [3.8, 4) is 0 Å². The lowest BCUT2D eigenvalue weighted by Gasteiger charge is -2.38. The van der Waals surface area contributed by atoms with E-state index in [1.807, 2.05) is 0 Å². The van der Waals surface area contributed by atoms with Crippen LogP contribution in [0.25, 0.3) is 0 Å². The summed E-state index contributed by atoms with van der Waals surface area (Å²) < 4.78 is 16.9. The Kier molecular flexibility index (Phi) is 7.79. The smallest absolute Gasteiger partial charge is 0.407 e. The number of hydrogen-bond donors (Lipinski definition) is 2. The van der Waals surface area contributed by atoms with Gasteiger partial charge in [0.25, 0.3) is 0 Å². The molecule has 0 spiro atoms. The highest BCUT2D eigenvalue weighted by Crippen LogP contribution is 2.35. The maximum Gasteiger partial charge on any atom is 0.407 e. The minimum absolute atomic E-state index is 0.00637. The SMILES string of the molecule is COC1CC2C/C(C)=C/C=C/CC3C[C@@H](C[C@@H]4O[C@H]4CCC(=O)NC(C2)C1Cl)OC(=O)N3. The molecular weight excluding hydrogens is 432 g/mol. The van der Waals surface area contributed by atoms with Crippen LogP contribution in [-0.2, 0) is 19.0 Å². The normalized spacial score (nSPS) is 43.5. The van der Waals surface area contributed by atoms with E-state index in [9.17, 15) is 9.59 Å². The molecule has 3 fully saturated rings. The fourth-order valence-corrected chi connectivity index (χ4v) is 5.73. The average molecular weight is 467 g/mol. The van der Waals surface area contributed by atoms with E-state index in [1.165, 1.54) is 5.57 Å². The predicted octanol–water partition coefficient (Wildman–Crippen LogP) is 3.60. The molecule has 3 heterocycles. The topological polar surface area (TPSA) is 89.2 Å². The van der Waals surface area contributed by atoms with E-state index in [4.69, 9.17) is 25.8 Å². The molecule has 32 heavy (non-hydrogen) atoms. The Morgan fingerprint density at radius 2 is 1.97 bits per heavy atom. The Hall–Kier alpha value is -1.57. The van der Waals surface area contributed by atoms with Crippen LogP contribution in [0.5, 0.6) is 0 Å². The molecule has 178 valence electrons. The van der Waals surface area contributed by atoms with Crippen LogP contribution >= 0.6 is 11.6 Å². The molecule has 3 aliphatic heterocycles. The first kappa shape index (κ1) is 23.6. The number of fused-ring (bicyclic) bond motifs is 5. The van der Waals surface area contributed by atoms with Crippen molar-refractivity contribution in [2.75, 3.05) is 7.11 Å². The van der Waals surface area contributed by atoms with Gasteiger partial charge in [-0.2, -0.15) is 0 Å². The summed E-state index contributed by atoms with van der Waals surface area (Å²) in [7, 11) is 1.69. The lowest BCUT2D eigenvalue weighted by Crippen LogP contribution is -2.51. The van der Waals surface area contributed by atoms with Crippen LogP contribution in [0, 0.1) is 5.92 Å². The Bertz CT molecular complexity index is 757. The van der Waals surface area contributed by atoms with Gasteiger partial charge in [0.1, 0.15) is 6.10 Å². The molecular formula is C24H35ClN2O5. The van der Waals surface area contributed by atoms with E-state index in [1.54, 1.807) is 7.11 Å². The molecule has 4 rings (SSSR count). The van der Waals surface area contributed by atoms with Crippen LogP contribution in [0.2, 0.25) is 0 Å². The summed E-state index contributed by atoms with van der Waals surface area (Å²) in [6.07, 6.45) is 11.8. The number of halogens is 1. The summed E-state index contributed by atoms with van der Waals surface area (Å²) in [5, 5.41) is 5.83. The molecule has 4 bridgehead atoms. The van der Waals surface area contributed by atoms with Crippen molar-refractivity contribution >= 4 is 23.6 Å². The van der Waals surface area contributed by atoms with Gasteiger partial charge in [0, 0.05) is 38.5 Å². The highest BCUT2D eigenvalue weighted by atomic mass is 35.5. The zero-order chi connectivity index (χ0) is 22.7. The molecule has 2 amide bonds. The Morgan fingerprint density at radius 1 is 1.12 bits per heavy atom. The Labute approximate surface area is 195 Å². The number of nitrogens with one attached hydrogen (secondary N) is 2. The summed E-state index contributed by atoms with van der Waals surface area (Å²) in [5.74, 6) is 0.408. The number of ether oxygens (including phenoxy) is 3. The molecule has 0 aromatic heterocycles. The van der Waals surface area contributed by atoms with Gasteiger partial charge in [-0.15, -0.1) is 11.6 Å². The molecule has 8 atom stereocenters. The molecule has 2 saturated heterocycles. The monoisotopic (exact) mass is 466 g/mol. The van der Waals surface area contributed by atoms with Crippen molar-refractivity contribution in [1.29, 1.82) is 0 Å². The molecule has 4 aliphatic rings. The number of allylic oxidation sites excluding steroid dienone is 3. The van der Waals surface area contributed by atoms with Crippen LogP contribution in [-0.4, -0.2) is 61.0 Å².